The average Bonchev–Trinajstić information content (AvgIpc) is 2.11. The molecule has 0 heterocycles. The van der Waals surface area contributed by atoms with Crippen LogP contribution >= 0.6 is 0 Å². The van der Waals surface area contributed by atoms with E-state index in [1.54, 1.807) is 30.0 Å². The van der Waals surface area contributed by atoms with Gasteiger partial charge >= 0.3 is 0 Å². The van der Waals surface area contributed by atoms with E-state index in [1.165, 1.54) is 6.34 Å². The fraction of sp³-hybridized carbons (Fsp3) is 0.444. The largest absolute Gasteiger partial charge is 0.369 e. The predicted molar refractivity (Wildman–Crippen MR) is 54.6 cm³/mol. The molecule has 14 heavy (non-hydrogen) atoms. The standard InChI is InChI=1S/C9H14N4O/c1-12(2)7-11-9(13(3)4)8(5-10)6-14/h6-7H,1-4H3/b9-8+,11-7+. The summed E-state index contributed by atoms with van der Waals surface area (Å²) in [5.74, 6) is 0.358. The first kappa shape index (κ1) is 12.2. The molecule has 76 valence electrons. The summed E-state index contributed by atoms with van der Waals surface area (Å²) in [6.07, 6.45) is 2.04. The zero-order chi connectivity index (χ0) is 11.1. The van der Waals surface area contributed by atoms with Crippen molar-refractivity contribution in [2.75, 3.05) is 28.2 Å². The van der Waals surface area contributed by atoms with E-state index in [0.717, 1.165) is 0 Å². The summed E-state index contributed by atoms with van der Waals surface area (Å²) in [6.45, 7) is 0. The Bertz CT molecular complexity index is 296. The van der Waals surface area contributed by atoms with Crippen LogP contribution in [0, 0.1) is 11.3 Å². The molecular weight excluding hydrogens is 180 g/mol. The van der Waals surface area contributed by atoms with E-state index in [0.29, 0.717) is 12.1 Å². The third-order valence-electron chi connectivity index (χ3n) is 1.31. The number of carbonyl (C=O) groups is 1. The van der Waals surface area contributed by atoms with E-state index in [4.69, 9.17) is 5.26 Å². The normalized spacial score (nSPS) is 11.9. The zero-order valence-corrected chi connectivity index (χ0v) is 8.85. The molecule has 5 heteroatoms. The molecule has 0 bridgehead atoms. The van der Waals surface area contributed by atoms with Gasteiger partial charge in [-0.15, -0.1) is 0 Å². The monoisotopic (exact) mass is 194 g/mol. The molecule has 0 aliphatic carbocycles. The molecule has 0 fully saturated rings. The Morgan fingerprint density at radius 1 is 1.36 bits per heavy atom. The summed E-state index contributed by atoms with van der Waals surface area (Å²) in [6, 6.07) is 1.79. The number of aldehydes is 1. The first-order valence-corrected chi connectivity index (χ1v) is 4.00. The Morgan fingerprint density at radius 3 is 2.21 bits per heavy atom. The third kappa shape index (κ3) is 3.72. The second-order valence-corrected chi connectivity index (χ2v) is 3.07. The molecule has 0 amide bonds. The quantitative estimate of drug-likeness (QED) is 0.209. The van der Waals surface area contributed by atoms with Crippen LogP contribution in [0.3, 0.4) is 0 Å². The number of nitrogens with zero attached hydrogens (tertiary/aromatic N) is 4. The second-order valence-electron chi connectivity index (χ2n) is 3.07. The van der Waals surface area contributed by atoms with Gasteiger partial charge in [0.2, 0.25) is 0 Å². The summed E-state index contributed by atoms with van der Waals surface area (Å²) < 4.78 is 0. The predicted octanol–water partition coefficient (Wildman–Crippen LogP) is 0.0720. The van der Waals surface area contributed by atoms with Crippen LogP contribution in [-0.2, 0) is 4.79 Å². The summed E-state index contributed by atoms with van der Waals surface area (Å²) >= 11 is 0. The van der Waals surface area contributed by atoms with Gasteiger partial charge < -0.3 is 9.80 Å². The highest BCUT2D eigenvalue weighted by molar-refractivity contribution is 5.80. The van der Waals surface area contributed by atoms with Crippen molar-refractivity contribution in [3.8, 4) is 6.07 Å². The van der Waals surface area contributed by atoms with Crippen molar-refractivity contribution >= 4 is 12.6 Å². The third-order valence-corrected chi connectivity index (χ3v) is 1.31. The molecule has 0 atom stereocenters. The first-order chi connectivity index (χ1) is 6.52. The SMILES string of the molecule is CN(C)/C=N/C(=C(/C#N)C=O)N(C)C. The molecule has 0 unspecified atom stereocenters. The lowest BCUT2D eigenvalue weighted by Crippen LogP contribution is -2.15. The highest BCUT2D eigenvalue weighted by atomic mass is 16.1. The minimum Gasteiger partial charge on any atom is -0.369 e. The molecule has 0 aliphatic heterocycles. The first-order valence-electron chi connectivity index (χ1n) is 4.00. The van der Waals surface area contributed by atoms with Crippen LogP contribution in [0.1, 0.15) is 0 Å². The maximum atomic E-state index is 10.5. The average molecular weight is 194 g/mol. The van der Waals surface area contributed by atoms with Crippen molar-refractivity contribution in [2.24, 2.45) is 4.99 Å². The molecule has 0 N–H and O–H groups in total. The van der Waals surface area contributed by atoms with Crippen molar-refractivity contribution < 1.29 is 4.79 Å². The van der Waals surface area contributed by atoms with Crippen molar-refractivity contribution in [1.29, 1.82) is 5.26 Å². The van der Waals surface area contributed by atoms with Crippen molar-refractivity contribution in [2.45, 2.75) is 0 Å². The summed E-state index contributed by atoms with van der Waals surface area (Å²) in [4.78, 5) is 17.9. The van der Waals surface area contributed by atoms with Crippen molar-refractivity contribution in [3.63, 3.8) is 0 Å². The van der Waals surface area contributed by atoms with Gasteiger partial charge in [-0.3, -0.25) is 4.79 Å². The molecule has 0 aliphatic rings. The molecule has 0 aromatic rings. The van der Waals surface area contributed by atoms with Gasteiger partial charge in [0.25, 0.3) is 0 Å². The summed E-state index contributed by atoms with van der Waals surface area (Å²) in [5, 5.41) is 8.66. The second kappa shape index (κ2) is 5.75. The van der Waals surface area contributed by atoms with Crippen LogP contribution in [0.5, 0.6) is 0 Å². The number of hydrogen-bond donors (Lipinski definition) is 0. The highest BCUT2D eigenvalue weighted by Crippen LogP contribution is 2.05. The Kier molecular flexibility index (Phi) is 5.00. The Balaban J connectivity index is 5.06. The van der Waals surface area contributed by atoms with E-state index in [1.807, 2.05) is 14.1 Å². The Labute approximate surface area is 83.9 Å². The van der Waals surface area contributed by atoms with E-state index in [2.05, 4.69) is 4.99 Å². The van der Waals surface area contributed by atoms with Crippen LogP contribution < -0.4 is 0 Å². The number of nitriles is 1. The number of allylic oxidation sites excluding steroid dienone is 1. The summed E-state index contributed by atoms with van der Waals surface area (Å²) in [7, 11) is 7.07. The molecule has 0 aromatic carbocycles. The van der Waals surface area contributed by atoms with Crippen LogP contribution in [0.25, 0.3) is 0 Å². The highest BCUT2D eigenvalue weighted by Gasteiger charge is 2.05. The Hall–Kier alpha value is -1.83. The Morgan fingerprint density at radius 2 is 1.93 bits per heavy atom. The van der Waals surface area contributed by atoms with Crippen LogP contribution in [-0.4, -0.2) is 50.6 Å². The molecule has 5 nitrogen and oxygen atoms in total. The lowest BCUT2D eigenvalue weighted by molar-refractivity contribution is -0.104. The smallest absolute Gasteiger partial charge is 0.164 e. The van der Waals surface area contributed by atoms with E-state index in [-0.39, 0.29) is 5.57 Å². The number of aliphatic imine (C=N–C) groups is 1. The number of carbonyl (C=O) groups excluding carboxylic acids is 1. The van der Waals surface area contributed by atoms with Gasteiger partial charge in [0.05, 0.1) is 6.34 Å². The zero-order valence-electron chi connectivity index (χ0n) is 8.85. The minimum absolute atomic E-state index is 0.0214. The van der Waals surface area contributed by atoms with Gasteiger partial charge in [0, 0.05) is 28.2 Å². The fourth-order valence-corrected chi connectivity index (χ4v) is 0.725. The maximum Gasteiger partial charge on any atom is 0.164 e. The maximum absolute atomic E-state index is 10.5. The van der Waals surface area contributed by atoms with Crippen LogP contribution in [0.15, 0.2) is 16.4 Å². The fourth-order valence-electron chi connectivity index (χ4n) is 0.725. The topological polar surface area (TPSA) is 59.7 Å². The lowest BCUT2D eigenvalue weighted by atomic mass is 10.3. The number of hydrogen-bond acceptors (Lipinski definition) is 4. The van der Waals surface area contributed by atoms with Gasteiger partial charge in [-0.25, -0.2) is 4.99 Å². The molecule has 0 saturated carbocycles. The molecule has 0 rings (SSSR count). The van der Waals surface area contributed by atoms with Gasteiger partial charge in [0.1, 0.15) is 11.6 Å². The molecule has 0 radical (unpaired) electrons. The van der Waals surface area contributed by atoms with Gasteiger partial charge in [-0.05, 0) is 0 Å². The van der Waals surface area contributed by atoms with Gasteiger partial charge in [-0.1, -0.05) is 0 Å². The molecular formula is C9H14N4O. The van der Waals surface area contributed by atoms with E-state index < -0.39 is 0 Å². The van der Waals surface area contributed by atoms with Crippen LogP contribution in [0.2, 0.25) is 0 Å². The number of rotatable bonds is 4. The molecule has 0 spiro atoms. The van der Waals surface area contributed by atoms with Crippen molar-refractivity contribution in [3.05, 3.63) is 11.4 Å². The van der Waals surface area contributed by atoms with E-state index >= 15 is 0 Å². The lowest BCUT2D eigenvalue weighted by Gasteiger charge is -2.13. The van der Waals surface area contributed by atoms with Crippen LogP contribution in [0.4, 0.5) is 0 Å². The molecule has 0 aromatic heterocycles. The van der Waals surface area contributed by atoms with Crippen molar-refractivity contribution in [1.82, 2.24) is 9.80 Å². The van der Waals surface area contributed by atoms with Gasteiger partial charge in [0.15, 0.2) is 12.1 Å². The molecule has 0 saturated heterocycles. The van der Waals surface area contributed by atoms with Gasteiger partial charge in [-0.2, -0.15) is 5.26 Å². The minimum atomic E-state index is 0.0214. The van der Waals surface area contributed by atoms with E-state index in [9.17, 15) is 4.79 Å². The summed E-state index contributed by atoms with van der Waals surface area (Å²) in [5.41, 5.74) is 0.0214.